The first-order valence-corrected chi connectivity index (χ1v) is 10.9. The summed E-state index contributed by atoms with van der Waals surface area (Å²) in [6.07, 6.45) is 1.93. The lowest BCUT2D eigenvalue weighted by Gasteiger charge is -2.29. The van der Waals surface area contributed by atoms with Crippen molar-refractivity contribution in [2.45, 2.75) is 31.7 Å². The minimum Gasteiger partial charge on any atom is -0.392 e. The van der Waals surface area contributed by atoms with E-state index in [2.05, 4.69) is 32.0 Å². The van der Waals surface area contributed by atoms with Crippen LogP contribution in [0, 0.1) is 0 Å². The number of H-pyrrole nitrogens is 1. The van der Waals surface area contributed by atoms with Crippen molar-refractivity contribution in [3.05, 3.63) is 72.3 Å². The fraction of sp³-hybridized carbons (Fsp3) is 0.280. The molecular formula is C25H23F3N4O. The molecule has 1 fully saturated rings. The molecule has 1 unspecified atom stereocenters. The molecule has 0 saturated carbocycles. The topological polar surface area (TPSA) is 65.0 Å². The fourth-order valence-corrected chi connectivity index (χ4v) is 4.36. The molecule has 0 spiro atoms. The van der Waals surface area contributed by atoms with Crippen LogP contribution in [-0.4, -0.2) is 44.2 Å². The number of likely N-dealkylation sites (tertiary alicyclic amines) is 1. The van der Waals surface area contributed by atoms with Gasteiger partial charge in [-0.05, 0) is 42.6 Å². The second kappa shape index (κ2) is 8.61. The number of benzene rings is 1. The van der Waals surface area contributed by atoms with Crippen molar-refractivity contribution in [3.8, 4) is 22.3 Å². The monoisotopic (exact) mass is 452 g/mol. The van der Waals surface area contributed by atoms with Crippen LogP contribution >= 0.6 is 0 Å². The van der Waals surface area contributed by atoms with Crippen LogP contribution in [0.15, 0.2) is 61.1 Å². The summed E-state index contributed by atoms with van der Waals surface area (Å²) in [6.45, 7) is 2.50. The lowest BCUT2D eigenvalue weighted by molar-refractivity contribution is -0.141. The number of nitrogens with one attached hydrogen (secondary N) is 1. The van der Waals surface area contributed by atoms with Crippen LogP contribution in [0.5, 0.6) is 0 Å². The number of aliphatic hydroxyl groups is 1. The first kappa shape index (κ1) is 21.6. The molecule has 4 heterocycles. The third-order valence-electron chi connectivity index (χ3n) is 6.07. The zero-order valence-electron chi connectivity index (χ0n) is 17.8. The molecule has 8 heteroatoms. The van der Waals surface area contributed by atoms with E-state index in [1.165, 1.54) is 17.8 Å². The molecule has 2 N–H and O–H groups in total. The Kier molecular flexibility index (Phi) is 5.64. The molecule has 3 aromatic heterocycles. The van der Waals surface area contributed by atoms with Crippen LogP contribution in [0.1, 0.15) is 24.1 Å². The van der Waals surface area contributed by atoms with Gasteiger partial charge in [0.05, 0.1) is 6.10 Å². The molecule has 0 aliphatic carbocycles. The Balaban J connectivity index is 1.39. The zero-order valence-corrected chi connectivity index (χ0v) is 17.8. The number of pyridine rings is 2. The molecule has 4 aromatic rings. The number of hydrogen-bond acceptors (Lipinski definition) is 4. The number of piperidine rings is 1. The van der Waals surface area contributed by atoms with E-state index >= 15 is 0 Å². The minimum atomic E-state index is -4.46. The molecule has 0 amide bonds. The average molecular weight is 452 g/mol. The van der Waals surface area contributed by atoms with Crippen LogP contribution in [-0.2, 0) is 12.7 Å². The zero-order chi connectivity index (χ0) is 23.0. The molecule has 0 bridgehead atoms. The Morgan fingerprint density at radius 3 is 2.45 bits per heavy atom. The summed E-state index contributed by atoms with van der Waals surface area (Å²) < 4.78 is 38.5. The van der Waals surface area contributed by atoms with Crippen molar-refractivity contribution in [2.24, 2.45) is 0 Å². The molecule has 1 aliphatic heterocycles. The quantitative estimate of drug-likeness (QED) is 0.443. The number of fused-ring (bicyclic) bond motifs is 1. The number of aromatic nitrogens is 3. The molecule has 0 radical (unpaired) electrons. The van der Waals surface area contributed by atoms with Crippen LogP contribution in [0.4, 0.5) is 13.2 Å². The fourth-order valence-electron chi connectivity index (χ4n) is 4.36. The summed E-state index contributed by atoms with van der Waals surface area (Å²) >= 11 is 0. The molecule has 1 aromatic carbocycles. The van der Waals surface area contributed by atoms with Crippen molar-refractivity contribution < 1.29 is 18.3 Å². The maximum atomic E-state index is 12.8. The van der Waals surface area contributed by atoms with Gasteiger partial charge < -0.3 is 10.1 Å². The van der Waals surface area contributed by atoms with E-state index < -0.39 is 11.9 Å². The van der Waals surface area contributed by atoms with E-state index in [4.69, 9.17) is 0 Å². The summed E-state index contributed by atoms with van der Waals surface area (Å²) in [6, 6.07) is 12.7. The van der Waals surface area contributed by atoms with Gasteiger partial charge in [-0.3, -0.25) is 9.88 Å². The minimum absolute atomic E-state index is 0.244. The van der Waals surface area contributed by atoms with E-state index in [0.29, 0.717) is 17.8 Å². The number of aliphatic hydroxyl groups excluding tert-OH is 1. The molecule has 5 rings (SSSR count). The second-order valence-corrected chi connectivity index (χ2v) is 8.48. The average Bonchev–Trinajstić information content (AvgIpc) is 3.22. The Morgan fingerprint density at radius 2 is 1.76 bits per heavy atom. The smallest absolute Gasteiger partial charge is 0.392 e. The van der Waals surface area contributed by atoms with Crippen LogP contribution < -0.4 is 0 Å². The highest BCUT2D eigenvalue weighted by atomic mass is 19.4. The third kappa shape index (κ3) is 4.62. The number of aromatic amines is 1. The van der Waals surface area contributed by atoms with Crippen LogP contribution in [0.25, 0.3) is 33.3 Å². The largest absolute Gasteiger partial charge is 0.433 e. The summed E-state index contributed by atoms with van der Waals surface area (Å²) in [7, 11) is 0. The Hall–Kier alpha value is -3.23. The maximum absolute atomic E-state index is 12.8. The van der Waals surface area contributed by atoms with Gasteiger partial charge in [0.15, 0.2) is 0 Å². The molecule has 1 saturated heterocycles. The third-order valence-corrected chi connectivity index (χ3v) is 6.07. The molecule has 5 nitrogen and oxygen atoms in total. The van der Waals surface area contributed by atoms with Crippen molar-refractivity contribution in [2.75, 3.05) is 13.1 Å². The first-order chi connectivity index (χ1) is 15.9. The number of β-amino-alcohol motifs (C(OH)–C–C–N with tert-alkyl or cyclic N) is 1. The van der Waals surface area contributed by atoms with E-state index in [0.717, 1.165) is 54.1 Å². The molecule has 1 aliphatic rings. The van der Waals surface area contributed by atoms with Crippen molar-refractivity contribution in [1.82, 2.24) is 19.9 Å². The van der Waals surface area contributed by atoms with Crippen LogP contribution in [0.2, 0.25) is 0 Å². The number of halogens is 3. The van der Waals surface area contributed by atoms with Crippen LogP contribution in [0.3, 0.4) is 0 Å². The highest BCUT2D eigenvalue weighted by molar-refractivity contribution is 5.95. The van der Waals surface area contributed by atoms with Gasteiger partial charge in [0.25, 0.3) is 0 Å². The predicted molar refractivity (Wildman–Crippen MR) is 120 cm³/mol. The molecular weight excluding hydrogens is 429 g/mol. The number of rotatable bonds is 4. The lowest BCUT2D eigenvalue weighted by atomic mass is 10.0. The predicted octanol–water partition coefficient (Wildman–Crippen LogP) is 5.27. The van der Waals surface area contributed by atoms with Gasteiger partial charge in [0, 0.05) is 53.8 Å². The summed E-state index contributed by atoms with van der Waals surface area (Å²) in [5.74, 6) is 0. The van der Waals surface area contributed by atoms with E-state index in [1.54, 1.807) is 12.4 Å². The Bertz CT molecular complexity index is 1250. The van der Waals surface area contributed by atoms with E-state index in [-0.39, 0.29) is 6.10 Å². The van der Waals surface area contributed by atoms with E-state index in [1.807, 2.05) is 18.2 Å². The SMILES string of the molecule is OC1CCCN(Cc2ccc(-c3cnc4[nH]cc(-c5ccc(C(F)(F)F)nc5)c4c3)cc2)C1. The van der Waals surface area contributed by atoms with Gasteiger partial charge in [-0.2, -0.15) is 13.2 Å². The van der Waals surface area contributed by atoms with Gasteiger partial charge in [-0.25, -0.2) is 4.98 Å². The van der Waals surface area contributed by atoms with Crippen molar-refractivity contribution in [1.29, 1.82) is 0 Å². The van der Waals surface area contributed by atoms with Gasteiger partial charge in [-0.1, -0.05) is 30.3 Å². The van der Waals surface area contributed by atoms with Gasteiger partial charge in [0.1, 0.15) is 11.3 Å². The van der Waals surface area contributed by atoms with Gasteiger partial charge >= 0.3 is 6.18 Å². The summed E-state index contributed by atoms with van der Waals surface area (Å²) in [5, 5.41) is 10.7. The lowest BCUT2D eigenvalue weighted by Crippen LogP contribution is -2.37. The number of hydrogen-bond donors (Lipinski definition) is 2. The van der Waals surface area contributed by atoms with Gasteiger partial charge in [-0.15, -0.1) is 0 Å². The first-order valence-electron chi connectivity index (χ1n) is 10.9. The number of alkyl halides is 3. The van der Waals surface area contributed by atoms with E-state index in [9.17, 15) is 18.3 Å². The molecule has 33 heavy (non-hydrogen) atoms. The Labute approximate surface area is 188 Å². The highest BCUT2D eigenvalue weighted by Gasteiger charge is 2.32. The maximum Gasteiger partial charge on any atom is 0.433 e. The second-order valence-electron chi connectivity index (χ2n) is 8.48. The number of nitrogens with zero attached hydrogens (tertiary/aromatic N) is 3. The standard InChI is InChI=1S/C25H23F3N4O/c26-25(27,28)23-8-7-18(11-29-23)22-13-31-24-21(22)10-19(12-30-24)17-5-3-16(4-6-17)14-32-9-1-2-20(33)15-32/h3-8,10-13,20,33H,1-2,9,14-15H2,(H,30,31). The normalized spacial score (nSPS) is 17.5. The van der Waals surface area contributed by atoms with Crippen molar-refractivity contribution in [3.63, 3.8) is 0 Å². The Morgan fingerprint density at radius 1 is 1.00 bits per heavy atom. The summed E-state index contributed by atoms with van der Waals surface area (Å²) in [4.78, 5) is 13.4. The molecule has 170 valence electrons. The van der Waals surface area contributed by atoms with Gasteiger partial charge in [0.2, 0.25) is 0 Å². The van der Waals surface area contributed by atoms with Crippen molar-refractivity contribution >= 4 is 11.0 Å². The summed E-state index contributed by atoms with van der Waals surface area (Å²) in [5.41, 5.74) is 4.19. The highest BCUT2D eigenvalue weighted by Crippen LogP contribution is 2.33. The molecule has 1 atom stereocenters.